The minimum absolute atomic E-state index is 0.163. The minimum atomic E-state index is 0.163. The van der Waals surface area contributed by atoms with Gasteiger partial charge in [-0.05, 0) is 37.5 Å². The van der Waals surface area contributed by atoms with Crippen molar-refractivity contribution >= 4 is 17.3 Å². The molecule has 3 nitrogen and oxygen atoms in total. The zero-order chi connectivity index (χ0) is 13.0. The molecule has 2 N–H and O–H groups in total. The second-order valence-corrected chi connectivity index (χ2v) is 5.14. The summed E-state index contributed by atoms with van der Waals surface area (Å²) in [4.78, 5) is 2.12. The molecular weight excluding hydrogens is 248 g/mol. The van der Waals surface area contributed by atoms with Gasteiger partial charge in [-0.1, -0.05) is 17.7 Å². The molecule has 18 heavy (non-hydrogen) atoms. The van der Waals surface area contributed by atoms with Gasteiger partial charge in [-0.3, -0.25) is 0 Å². The maximum atomic E-state index is 9.02. The summed E-state index contributed by atoms with van der Waals surface area (Å²) in [5, 5.41) is 13.3. The number of aliphatic hydroxyl groups is 1. The fourth-order valence-electron chi connectivity index (χ4n) is 2.01. The van der Waals surface area contributed by atoms with Crippen molar-refractivity contribution in [2.24, 2.45) is 0 Å². The maximum Gasteiger partial charge on any atom is 0.0606 e. The Morgan fingerprint density at radius 1 is 1.44 bits per heavy atom. The molecular formula is C14H21ClN2O. The maximum absolute atomic E-state index is 9.02. The van der Waals surface area contributed by atoms with E-state index in [-0.39, 0.29) is 6.61 Å². The molecule has 1 fully saturated rings. The zero-order valence-electron chi connectivity index (χ0n) is 10.8. The molecule has 0 aromatic heterocycles. The van der Waals surface area contributed by atoms with Crippen LogP contribution in [-0.2, 0) is 6.54 Å². The van der Waals surface area contributed by atoms with E-state index in [0.717, 1.165) is 29.4 Å². The van der Waals surface area contributed by atoms with E-state index in [2.05, 4.69) is 29.3 Å². The molecule has 1 aliphatic carbocycles. The summed E-state index contributed by atoms with van der Waals surface area (Å²) >= 11 is 6.31. The van der Waals surface area contributed by atoms with E-state index in [4.69, 9.17) is 16.7 Å². The first kappa shape index (κ1) is 13.7. The first-order valence-electron chi connectivity index (χ1n) is 6.62. The van der Waals surface area contributed by atoms with Crippen molar-refractivity contribution in [3.63, 3.8) is 0 Å². The number of nitrogens with one attached hydrogen (secondary N) is 1. The summed E-state index contributed by atoms with van der Waals surface area (Å²) in [6, 6.07) is 6.84. The molecule has 0 saturated heterocycles. The van der Waals surface area contributed by atoms with Crippen LogP contribution in [0.4, 0.5) is 5.69 Å². The summed E-state index contributed by atoms with van der Waals surface area (Å²) in [6.07, 6.45) is 2.58. The Labute approximate surface area is 114 Å². The number of hydrogen-bond acceptors (Lipinski definition) is 3. The molecule has 0 bridgehead atoms. The van der Waals surface area contributed by atoms with Crippen LogP contribution in [0.15, 0.2) is 18.2 Å². The number of rotatable bonds is 7. The minimum Gasteiger partial charge on any atom is -0.395 e. The van der Waals surface area contributed by atoms with Gasteiger partial charge >= 0.3 is 0 Å². The van der Waals surface area contributed by atoms with Gasteiger partial charge < -0.3 is 15.3 Å². The van der Waals surface area contributed by atoms with Gasteiger partial charge in [0.1, 0.15) is 0 Å². The van der Waals surface area contributed by atoms with Crippen molar-refractivity contribution < 1.29 is 5.11 Å². The van der Waals surface area contributed by atoms with Crippen LogP contribution in [0, 0.1) is 0 Å². The Bertz CT molecular complexity index is 393. The number of likely N-dealkylation sites (N-methyl/N-ethyl adjacent to an activating group) is 1. The predicted molar refractivity (Wildman–Crippen MR) is 76.3 cm³/mol. The molecule has 1 aliphatic rings. The number of hydrogen-bond donors (Lipinski definition) is 2. The van der Waals surface area contributed by atoms with E-state index in [1.165, 1.54) is 12.8 Å². The number of benzene rings is 1. The third-order valence-corrected chi connectivity index (χ3v) is 3.66. The highest BCUT2D eigenvalue weighted by Gasteiger charge is 2.20. The van der Waals surface area contributed by atoms with E-state index in [1.54, 1.807) is 0 Å². The van der Waals surface area contributed by atoms with Gasteiger partial charge in [0.15, 0.2) is 0 Å². The van der Waals surface area contributed by atoms with Crippen LogP contribution in [0.3, 0.4) is 0 Å². The molecule has 0 spiro atoms. The molecule has 0 amide bonds. The van der Waals surface area contributed by atoms with E-state index in [1.807, 2.05) is 6.07 Å². The first-order chi connectivity index (χ1) is 8.74. The molecule has 2 rings (SSSR count). The highest BCUT2D eigenvalue weighted by atomic mass is 35.5. The lowest BCUT2D eigenvalue weighted by Crippen LogP contribution is -2.26. The van der Waals surface area contributed by atoms with Gasteiger partial charge in [0, 0.05) is 36.4 Å². The van der Waals surface area contributed by atoms with Crippen molar-refractivity contribution in [1.29, 1.82) is 0 Å². The molecule has 1 aromatic rings. The van der Waals surface area contributed by atoms with Crippen LogP contribution >= 0.6 is 11.6 Å². The third kappa shape index (κ3) is 3.61. The smallest absolute Gasteiger partial charge is 0.0606 e. The molecule has 1 saturated carbocycles. The van der Waals surface area contributed by atoms with E-state index in [9.17, 15) is 0 Å². The molecule has 0 unspecified atom stereocenters. The number of nitrogens with zero attached hydrogens (tertiary/aromatic N) is 1. The topological polar surface area (TPSA) is 35.5 Å². The summed E-state index contributed by atoms with van der Waals surface area (Å²) in [5.41, 5.74) is 2.22. The van der Waals surface area contributed by atoms with Crippen molar-refractivity contribution in [3.8, 4) is 0 Å². The van der Waals surface area contributed by atoms with Gasteiger partial charge in [0.25, 0.3) is 0 Å². The lowest BCUT2D eigenvalue weighted by atomic mass is 10.2. The van der Waals surface area contributed by atoms with Gasteiger partial charge in [-0.2, -0.15) is 0 Å². The zero-order valence-corrected chi connectivity index (χ0v) is 11.6. The largest absolute Gasteiger partial charge is 0.395 e. The van der Waals surface area contributed by atoms with Crippen LogP contribution in [0.5, 0.6) is 0 Å². The second-order valence-electron chi connectivity index (χ2n) is 4.73. The predicted octanol–water partition coefficient (Wildman–Crippen LogP) is 2.41. The third-order valence-electron chi connectivity index (χ3n) is 3.31. The SMILES string of the molecule is CCN(CCO)c1ccc(CNC2CC2)c(Cl)c1. The first-order valence-corrected chi connectivity index (χ1v) is 7.00. The second kappa shape index (κ2) is 6.41. The van der Waals surface area contributed by atoms with Crippen molar-refractivity contribution in [2.45, 2.75) is 32.4 Å². The van der Waals surface area contributed by atoms with E-state index in [0.29, 0.717) is 12.6 Å². The number of aliphatic hydroxyl groups excluding tert-OH is 1. The Kier molecular flexibility index (Phi) is 4.87. The van der Waals surface area contributed by atoms with Gasteiger partial charge in [-0.15, -0.1) is 0 Å². The van der Waals surface area contributed by atoms with E-state index >= 15 is 0 Å². The molecule has 4 heteroatoms. The Morgan fingerprint density at radius 3 is 2.78 bits per heavy atom. The average molecular weight is 269 g/mol. The molecule has 0 radical (unpaired) electrons. The summed E-state index contributed by atoms with van der Waals surface area (Å²) in [6.45, 7) is 4.60. The molecule has 0 aliphatic heterocycles. The molecule has 100 valence electrons. The van der Waals surface area contributed by atoms with Crippen LogP contribution in [-0.4, -0.2) is 30.8 Å². The van der Waals surface area contributed by atoms with Gasteiger partial charge in [0.05, 0.1) is 6.61 Å². The van der Waals surface area contributed by atoms with Crippen LogP contribution in [0.25, 0.3) is 0 Å². The Balaban J connectivity index is 2.02. The van der Waals surface area contributed by atoms with Crippen molar-refractivity contribution in [3.05, 3.63) is 28.8 Å². The highest BCUT2D eigenvalue weighted by molar-refractivity contribution is 6.31. The van der Waals surface area contributed by atoms with Crippen LogP contribution in [0.2, 0.25) is 5.02 Å². The van der Waals surface area contributed by atoms with Gasteiger partial charge in [-0.25, -0.2) is 0 Å². The fourth-order valence-corrected chi connectivity index (χ4v) is 2.25. The molecule has 0 heterocycles. The fraction of sp³-hybridized carbons (Fsp3) is 0.571. The Hall–Kier alpha value is -0.770. The van der Waals surface area contributed by atoms with Crippen molar-refractivity contribution in [1.82, 2.24) is 5.32 Å². The van der Waals surface area contributed by atoms with Crippen LogP contribution < -0.4 is 10.2 Å². The average Bonchev–Trinajstić information content (AvgIpc) is 3.18. The Morgan fingerprint density at radius 2 is 2.22 bits per heavy atom. The lowest BCUT2D eigenvalue weighted by Gasteiger charge is -2.22. The summed E-state index contributed by atoms with van der Waals surface area (Å²) < 4.78 is 0. The standard InChI is InChI=1S/C14H21ClN2O/c1-2-17(7-8-18)13-6-3-11(14(15)9-13)10-16-12-4-5-12/h3,6,9,12,16,18H,2,4-5,7-8,10H2,1H3. The highest BCUT2D eigenvalue weighted by Crippen LogP contribution is 2.25. The quantitative estimate of drug-likeness (QED) is 0.797. The van der Waals surface area contributed by atoms with E-state index < -0.39 is 0 Å². The monoisotopic (exact) mass is 268 g/mol. The number of halogens is 1. The van der Waals surface area contributed by atoms with Crippen molar-refractivity contribution in [2.75, 3.05) is 24.6 Å². The normalized spacial score (nSPS) is 14.8. The summed E-state index contributed by atoms with van der Waals surface area (Å²) in [7, 11) is 0. The van der Waals surface area contributed by atoms with Gasteiger partial charge in [0.2, 0.25) is 0 Å². The number of anilines is 1. The van der Waals surface area contributed by atoms with Crippen LogP contribution in [0.1, 0.15) is 25.3 Å². The lowest BCUT2D eigenvalue weighted by molar-refractivity contribution is 0.302. The molecule has 0 atom stereocenters. The summed E-state index contributed by atoms with van der Waals surface area (Å²) in [5.74, 6) is 0. The molecule has 1 aromatic carbocycles.